The Kier molecular flexibility index (Phi) is 8.49. The van der Waals surface area contributed by atoms with Gasteiger partial charge in [0, 0.05) is 54.2 Å². The van der Waals surface area contributed by atoms with E-state index in [-0.39, 0.29) is 21.7 Å². The molecule has 0 radical (unpaired) electrons. The Bertz CT molecular complexity index is 4170. The fourth-order valence-electron chi connectivity index (χ4n) is 16.9. The number of fused-ring (bicyclic) bond motifs is 16. The highest BCUT2D eigenvalue weighted by Crippen LogP contribution is 2.62. The molecule has 0 amide bonds. The van der Waals surface area contributed by atoms with Gasteiger partial charge in [-0.15, -0.1) is 0 Å². The summed E-state index contributed by atoms with van der Waals surface area (Å²) in [5, 5.41) is 33.1. The minimum atomic E-state index is -0.163. The Morgan fingerprint density at radius 2 is 0.653 bits per heavy atom. The molecule has 13 rings (SSSR count). The number of rotatable bonds is 2. The number of benzene rings is 7. The molecule has 2 aliphatic rings. The Labute approximate surface area is 424 Å². The van der Waals surface area contributed by atoms with Gasteiger partial charge in [0.1, 0.15) is 0 Å². The molecule has 4 heteroatoms. The van der Waals surface area contributed by atoms with Crippen LogP contribution in [0, 0.1) is 91.9 Å². The van der Waals surface area contributed by atoms with Crippen LogP contribution in [0.25, 0.3) is 98.4 Å². The van der Waals surface area contributed by atoms with E-state index in [0.29, 0.717) is 0 Å². The largest absolute Gasteiger partial charge is 0.307 e. The van der Waals surface area contributed by atoms with Gasteiger partial charge in [0.15, 0.2) is 0 Å². The van der Waals surface area contributed by atoms with Crippen molar-refractivity contribution in [3.8, 4) is 34.4 Å². The molecule has 0 saturated heterocycles. The SMILES string of the molecule is Cc1cccc(C)c1-c1c2c3c(C)c(C)c(C)c4c5c6c(c(C#N)cc5n(c2c(-c2c(C)cccc2C)c2c5c(C)c(C)c(C)c7c8c9c(c(C#N)cc8n(c12)c75)C(C)(C)CC9(C)C)c43)C(C)(C)CC6(C)C. The molecule has 0 saturated carbocycles. The van der Waals surface area contributed by atoms with Gasteiger partial charge in [0.2, 0.25) is 0 Å². The fourth-order valence-corrected chi connectivity index (χ4v) is 16.9. The van der Waals surface area contributed by atoms with E-state index in [1.807, 2.05) is 0 Å². The highest BCUT2D eigenvalue weighted by Gasteiger charge is 2.48. The van der Waals surface area contributed by atoms with Crippen molar-refractivity contribution in [3.63, 3.8) is 0 Å². The van der Waals surface area contributed by atoms with Gasteiger partial charge in [-0.25, -0.2) is 0 Å². The van der Waals surface area contributed by atoms with Crippen LogP contribution in [0.4, 0.5) is 0 Å². The first kappa shape index (κ1) is 45.0. The molecule has 4 aromatic heterocycles. The van der Waals surface area contributed by atoms with E-state index >= 15 is 0 Å². The minimum absolute atomic E-state index is 0.160. The number of nitrogens with zero attached hydrogens (tertiary/aromatic N) is 4. The lowest BCUT2D eigenvalue weighted by atomic mass is 9.80. The minimum Gasteiger partial charge on any atom is -0.307 e. The molecule has 0 bridgehead atoms. The lowest BCUT2D eigenvalue weighted by Gasteiger charge is -2.23. The molecule has 0 fully saturated rings. The first-order valence-corrected chi connectivity index (χ1v) is 26.3. The number of hydrogen-bond acceptors (Lipinski definition) is 2. The summed E-state index contributed by atoms with van der Waals surface area (Å²) >= 11 is 0. The zero-order chi connectivity index (χ0) is 51.3. The van der Waals surface area contributed by atoms with Crippen molar-refractivity contribution >= 4 is 76.2 Å². The maximum atomic E-state index is 11.3. The molecule has 0 aliphatic heterocycles. The van der Waals surface area contributed by atoms with Crippen molar-refractivity contribution in [2.45, 2.75) is 159 Å². The van der Waals surface area contributed by atoms with Gasteiger partial charge in [0.25, 0.3) is 0 Å². The third-order valence-corrected chi connectivity index (χ3v) is 19.3. The second-order valence-corrected chi connectivity index (χ2v) is 25.6. The summed E-state index contributed by atoms with van der Waals surface area (Å²) in [4.78, 5) is 0. The molecule has 4 nitrogen and oxygen atoms in total. The average Bonchev–Trinajstić information content (AvgIpc) is 4.09. The highest BCUT2D eigenvalue weighted by atomic mass is 15.0. The average molecular weight is 939 g/mol. The van der Waals surface area contributed by atoms with Crippen molar-refractivity contribution in [2.75, 3.05) is 0 Å². The Morgan fingerprint density at radius 3 is 0.958 bits per heavy atom. The second-order valence-electron chi connectivity index (χ2n) is 25.6. The fraction of sp³-hybridized carbons (Fsp3) is 0.353. The quantitative estimate of drug-likeness (QED) is 0.173. The van der Waals surface area contributed by atoms with E-state index in [1.165, 1.54) is 165 Å². The summed E-state index contributed by atoms with van der Waals surface area (Å²) in [6.45, 7) is 42.4. The predicted molar refractivity (Wildman–Crippen MR) is 305 cm³/mol. The summed E-state index contributed by atoms with van der Waals surface area (Å²) in [5.41, 5.74) is 31.1. The van der Waals surface area contributed by atoms with Crippen molar-refractivity contribution < 1.29 is 0 Å². The standard InChI is InChI=1S/C68H66N4/c1-31-21-19-22-32(2)45(31)53-55-49-39(9)35(5)37(7)47-52-44(26-42(28-70)58-60(52)68(17,18)30-66(58,13)14)72(61(47)49)64(55)54(46-33(3)23-20-24-34(46)4)56-50-40(10)36(6)38(8)48-51-43(71(62(48)50)63(53)56)25-41(27-69)57-59(51)67(15,16)29-65(57,11)12/h19-26H,29-30H2,1-18H3. The van der Waals surface area contributed by atoms with Gasteiger partial charge >= 0.3 is 0 Å². The summed E-state index contributed by atoms with van der Waals surface area (Å²) in [5.74, 6) is 0. The van der Waals surface area contributed by atoms with Crippen molar-refractivity contribution in [1.29, 1.82) is 10.5 Å². The molecule has 72 heavy (non-hydrogen) atoms. The number of hydrogen-bond donors (Lipinski definition) is 0. The second kappa shape index (κ2) is 13.6. The Balaban J connectivity index is 1.48. The van der Waals surface area contributed by atoms with Gasteiger partial charge in [-0.1, -0.05) is 91.8 Å². The first-order chi connectivity index (χ1) is 33.8. The maximum Gasteiger partial charge on any atom is 0.0995 e. The normalized spacial score (nSPS) is 16.8. The van der Waals surface area contributed by atoms with Gasteiger partial charge in [-0.05, 0) is 205 Å². The Hall–Kier alpha value is -6.88. The first-order valence-electron chi connectivity index (χ1n) is 26.3. The van der Waals surface area contributed by atoms with Crippen molar-refractivity contribution in [3.05, 3.63) is 138 Å². The summed E-state index contributed by atoms with van der Waals surface area (Å²) in [6.07, 6.45) is 1.95. The molecule has 11 aromatic rings. The highest BCUT2D eigenvalue weighted by molar-refractivity contribution is 6.40. The molecule has 0 unspecified atom stereocenters. The summed E-state index contributed by atoms with van der Waals surface area (Å²) in [6, 6.07) is 23.8. The van der Waals surface area contributed by atoms with Crippen LogP contribution < -0.4 is 0 Å². The Morgan fingerprint density at radius 1 is 0.361 bits per heavy atom. The molecule has 7 aromatic carbocycles. The molecule has 2 aliphatic carbocycles. The lowest BCUT2D eigenvalue weighted by molar-refractivity contribution is 0.403. The van der Waals surface area contributed by atoms with Crippen LogP contribution in [0.1, 0.15) is 157 Å². The smallest absolute Gasteiger partial charge is 0.0995 e. The monoisotopic (exact) mass is 939 g/mol. The third kappa shape index (κ3) is 4.98. The number of aromatic nitrogens is 2. The summed E-state index contributed by atoms with van der Waals surface area (Å²) in [7, 11) is 0. The summed E-state index contributed by atoms with van der Waals surface area (Å²) < 4.78 is 5.33. The van der Waals surface area contributed by atoms with E-state index in [0.717, 1.165) is 35.0 Å². The van der Waals surface area contributed by atoms with E-state index in [4.69, 9.17) is 0 Å². The van der Waals surface area contributed by atoms with E-state index < -0.39 is 0 Å². The van der Waals surface area contributed by atoms with Crippen LogP contribution in [0.2, 0.25) is 0 Å². The maximum absolute atomic E-state index is 11.3. The van der Waals surface area contributed by atoms with Crippen molar-refractivity contribution in [2.24, 2.45) is 0 Å². The van der Waals surface area contributed by atoms with Gasteiger partial charge in [-0.2, -0.15) is 10.5 Å². The molecule has 0 spiro atoms. The molecule has 0 atom stereocenters. The van der Waals surface area contributed by atoms with E-state index in [1.54, 1.807) is 0 Å². The van der Waals surface area contributed by atoms with E-state index in [9.17, 15) is 10.5 Å². The van der Waals surface area contributed by atoms with Crippen LogP contribution >= 0.6 is 0 Å². The predicted octanol–water partition coefficient (Wildman–Crippen LogP) is 18.1. The van der Waals surface area contributed by atoms with Gasteiger partial charge in [-0.3, -0.25) is 0 Å². The molecular weight excluding hydrogens is 873 g/mol. The van der Waals surface area contributed by atoms with Crippen molar-refractivity contribution in [1.82, 2.24) is 8.80 Å². The van der Waals surface area contributed by atoms with Gasteiger partial charge < -0.3 is 8.80 Å². The molecule has 358 valence electrons. The van der Waals surface area contributed by atoms with Gasteiger partial charge in [0.05, 0.1) is 56.4 Å². The third-order valence-electron chi connectivity index (χ3n) is 19.3. The topological polar surface area (TPSA) is 56.4 Å². The van der Waals surface area contributed by atoms with Crippen LogP contribution in [-0.2, 0) is 21.7 Å². The van der Waals surface area contributed by atoms with Crippen LogP contribution in [-0.4, -0.2) is 8.80 Å². The van der Waals surface area contributed by atoms with Crippen LogP contribution in [0.5, 0.6) is 0 Å². The number of aryl methyl sites for hydroxylation is 8. The van der Waals surface area contributed by atoms with Crippen LogP contribution in [0.15, 0.2) is 48.5 Å². The zero-order valence-corrected chi connectivity index (χ0v) is 45.8. The van der Waals surface area contributed by atoms with Crippen LogP contribution in [0.3, 0.4) is 0 Å². The zero-order valence-electron chi connectivity index (χ0n) is 45.8. The molecule has 0 N–H and O–H groups in total. The number of nitriles is 2. The lowest BCUT2D eigenvalue weighted by Crippen LogP contribution is -2.18. The molecular formula is C68H66N4. The molecule has 4 heterocycles. The van der Waals surface area contributed by atoms with E-state index in [2.05, 4.69) is 194 Å².